The molecule has 0 saturated heterocycles. The van der Waals surface area contributed by atoms with Gasteiger partial charge >= 0.3 is 0 Å². The SMILES string of the molecule is NC[C@@H]1CC[C@@]2(Cc3ccc(Cl)cc3)c3c(F)ccc(F)c3OC[C@H]2C1. The summed E-state index contributed by atoms with van der Waals surface area (Å²) in [6, 6.07) is 9.99. The largest absolute Gasteiger partial charge is 0.490 e. The zero-order valence-electron chi connectivity index (χ0n) is 14.5. The van der Waals surface area contributed by atoms with Gasteiger partial charge in [-0.1, -0.05) is 23.7 Å². The molecule has 0 spiro atoms. The summed E-state index contributed by atoms with van der Waals surface area (Å²) < 4.78 is 35.0. The Kier molecular flexibility index (Phi) is 4.66. The summed E-state index contributed by atoms with van der Waals surface area (Å²) in [5.41, 5.74) is 6.90. The summed E-state index contributed by atoms with van der Waals surface area (Å²) in [4.78, 5) is 0. The summed E-state index contributed by atoms with van der Waals surface area (Å²) in [5.74, 6) is -0.270. The fraction of sp³-hybridized carbons (Fsp3) is 0.429. The van der Waals surface area contributed by atoms with Crippen LogP contribution < -0.4 is 10.5 Å². The minimum Gasteiger partial charge on any atom is -0.490 e. The quantitative estimate of drug-likeness (QED) is 0.828. The summed E-state index contributed by atoms with van der Waals surface area (Å²) in [6.07, 6.45) is 3.21. The number of hydrogen-bond donors (Lipinski definition) is 1. The number of rotatable bonds is 3. The van der Waals surface area contributed by atoms with Crippen LogP contribution >= 0.6 is 11.6 Å². The Bertz CT molecular complexity index is 810. The molecule has 4 rings (SSSR count). The lowest BCUT2D eigenvalue weighted by Gasteiger charge is -2.50. The van der Waals surface area contributed by atoms with Gasteiger partial charge in [0.25, 0.3) is 0 Å². The second kappa shape index (κ2) is 6.82. The van der Waals surface area contributed by atoms with Crippen LogP contribution in [0.2, 0.25) is 5.02 Å². The van der Waals surface area contributed by atoms with E-state index in [-0.39, 0.29) is 17.5 Å². The third-order valence-electron chi connectivity index (χ3n) is 6.15. The molecule has 2 nitrogen and oxygen atoms in total. The maximum atomic E-state index is 14.9. The molecule has 0 unspecified atom stereocenters. The van der Waals surface area contributed by atoms with Gasteiger partial charge in [-0.25, -0.2) is 8.78 Å². The van der Waals surface area contributed by atoms with Gasteiger partial charge in [0, 0.05) is 21.9 Å². The lowest BCUT2D eigenvalue weighted by atomic mass is 9.57. The molecule has 26 heavy (non-hydrogen) atoms. The van der Waals surface area contributed by atoms with E-state index in [0.29, 0.717) is 36.1 Å². The monoisotopic (exact) mass is 377 g/mol. The maximum absolute atomic E-state index is 14.9. The van der Waals surface area contributed by atoms with E-state index in [0.717, 1.165) is 30.9 Å². The van der Waals surface area contributed by atoms with E-state index >= 15 is 0 Å². The molecule has 5 heteroatoms. The van der Waals surface area contributed by atoms with Crippen LogP contribution in [-0.4, -0.2) is 13.2 Å². The van der Waals surface area contributed by atoms with Crippen LogP contribution in [0.25, 0.3) is 0 Å². The van der Waals surface area contributed by atoms with E-state index in [1.165, 1.54) is 6.07 Å². The third-order valence-corrected chi connectivity index (χ3v) is 6.40. The Balaban J connectivity index is 1.83. The lowest BCUT2D eigenvalue weighted by molar-refractivity contribution is 0.0562. The smallest absolute Gasteiger partial charge is 0.165 e. The van der Waals surface area contributed by atoms with Crippen LogP contribution in [0.1, 0.15) is 30.4 Å². The van der Waals surface area contributed by atoms with Crippen LogP contribution in [0.5, 0.6) is 5.75 Å². The highest BCUT2D eigenvalue weighted by Crippen LogP contribution is 2.54. The van der Waals surface area contributed by atoms with Gasteiger partial charge in [-0.3, -0.25) is 0 Å². The normalized spacial score (nSPS) is 27.4. The van der Waals surface area contributed by atoms with Crippen molar-refractivity contribution in [3.05, 3.63) is 64.2 Å². The molecule has 1 heterocycles. The van der Waals surface area contributed by atoms with Crippen molar-refractivity contribution >= 4 is 11.6 Å². The van der Waals surface area contributed by atoms with Crippen molar-refractivity contribution in [1.29, 1.82) is 0 Å². The van der Waals surface area contributed by atoms with Crippen LogP contribution in [0.3, 0.4) is 0 Å². The Hall–Kier alpha value is -1.65. The van der Waals surface area contributed by atoms with E-state index in [4.69, 9.17) is 22.1 Å². The van der Waals surface area contributed by atoms with E-state index in [9.17, 15) is 8.78 Å². The molecule has 2 aliphatic rings. The minimum absolute atomic E-state index is 0.0846. The van der Waals surface area contributed by atoms with Crippen molar-refractivity contribution in [2.75, 3.05) is 13.2 Å². The molecule has 1 aliphatic carbocycles. The Morgan fingerprint density at radius 2 is 1.85 bits per heavy atom. The number of benzene rings is 2. The van der Waals surface area contributed by atoms with Gasteiger partial charge in [0.2, 0.25) is 0 Å². The third kappa shape index (κ3) is 2.89. The van der Waals surface area contributed by atoms with Crippen LogP contribution in [-0.2, 0) is 11.8 Å². The highest BCUT2D eigenvalue weighted by Gasteiger charge is 2.50. The zero-order valence-corrected chi connectivity index (χ0v) is 15.2. The lowest BCUT2D eigenvalue weighted by Crippen LogP contribution is -2.49. The molecule has 2 aromatic carbocycles. The van der Waals surface area contributed by atoms with Crippen molar-refractivity contribution in [2.45, 2.75) is 31.1 Å². The predicted octanol–water partition coefficient (Wildman–Crippen LogP) is 4.87. The first-order chi connectivity index (χ1) is 12.5. The summed E-state index contributed by atoms with van der Waals surface area (Å²) >= 11 is 6.01. The van der Waals surface area contributed by atoms with Crippen LogP contribution in [0, 0.1) is 23.5 Å². The van der Waals surface area contributed by atoms with Crippen molar-refractivity contribution in [2.24, 2.45) is 17.6 Å². The number of ether oxygens (including phenoxy) is 1. The van der Waals surface area contributed by atoms with Gasteiger partial charge in [0.15, 0.2) is 11.6 Å². The van der Waals surface area contributed by atoms with Gasteiger partial charge in [-0.15, -0.1) is 0 Å². The fourth-order valence-corrected chi connectivity index (χ4v) is 4.92. The second-order valence-corrected chi connectivity index (χ2v) is 8.01. The topological polar surface area (TPSA) is 35.2 Å². The Labute approximate surface area is 157 Å². The number of halogens is 3. The molecule has 3 atom stereocenters. The molecule has 0 bridgehead atoms. The number of hydrogen-bond acceptors (Lipinski definition) is 2. The van der Waals surface area contributed by atoms with Gasteiger partial charge in [-0.05, 0) is 68.0 Å². The highest BCUT2D eigenvalue weighted by atomic mass is 35.5. The summed E-state index contributed by atoms with van der Waals surface area (Å²) in [6.45, 7) is 1.02. The molecule has 1 fully saturated rings. The first-order valence-corrected chi connectivity index (χ1v) is 9.47. The van der Waals surface area contributed by atoms with E-state index in [1.807, 2.05) is 24.3 Å². The average Bonchev–Trinajstić information content (AvgIpc) is 2.65. The van der Waals surface area contributed by atoms with Gasteiger partial charge < -0.3 is 10.5 Å². The molecule has 2 aromatic rings. The molecule has 0 aromatic heterocycles. The molecule has 2 N–H and O–H groups in total. The molecule has 0 amide bonds. The minimum atomic E-state index is -0.490. The molecular formula is C21H22ClF2NO. The van der Waals surface area contributed by atoms with Crippen molar-refractivity contribution in [3.8, 4) is 5.75 Å². The van der Waals surface area contributed by atoms with Gasteiger partial charge in [0.1, 0.15) is 5.82 Å². The van der Waals surface area contributed by atoms with Gasteiger partial charge in [0.05, 0.1) is 6.61 Å². The summed E-state index contributed by atoms with van der Waals surface area (Å²) in [5, 5.41) is 0.666. The molecule has 1 saturated carbocycles. The molecular weight excluding hydrogens is 356 g/mol. The number of fused-ring (bicyclic) bond motifs is 3. The second-order valence-electron chi connectivity index (χ2n) is 7.58. The standard InChI is InChI=1S/C21H22ClF2NO/c22-16-3-1-13(2-4-16)10-21-8-7-14(11-25)9-15(21)12-26-20-18(24)6-5-17(23)19(20)21/h1-6,14-15H,7-12,25H2/t14-,15-,21+/m1/s1. The molecule has 0 radical (unpaired) electrons. The average molecular weight is 378 g/mol. The van der Waals surface area contributed by atoms with E-state index in [2.05, 4.69) is 0 Å². The van der Waals surface area contributed by atoms with Crippen molar-refractivity contribution in [3.63, 3.8) is 0 Å². The Morgan fingerprint density at radius 3 is 2.58 bits per heavy atom. The number of nitrogens with two attached hydrogens (primary N) is 1. The molecule has 138 valence electrons. The fourth-order valence-electron chi connectivity index (χ4n) is 4.79. The summed E-state index contributed by atoms with van der Waals surface area (Å²) in [7, 11) is 0. The Morgan fingerprint density at radius 1 is 1.12 bits per heavy atom. The van der Waals surface area contributed by atoms with E-state index in [1.54, 1.807) is 0 Å². The van der Waals surface area contributed by atoms with Crippen LogP contribution in [0.15, 0.2) is 36.4 Å². The maximum Gasteiger partial charge on any atom is 0.165 e. The van der Waals surface area contributed by atoms with E-state index < -0.39 is 11.2 Å². The van der Waals surface area contributed by atoms with Crippen molar-refractivity contribution in [1.82, 2.24) is 0 Å². The first-order valence-electron chi connectivity index (χ1n) is 9.09. The molecule has 1 aliphatic heterocycles. The zero-order chi connectivity index (χ0) is 18.3. The first kappa shape index (κ1) is 17.7. The van der Waals surface area contributed by atoms with Crippen LogP contribution in [0.4, 0.5) is 8.78 Å². The highest BCUT2D eigenvalue weighted by molar-refractivity contribution is 6.30. The van der Waals surface area contributed by atoms with Crippen molar-refractivity contribution < 1.29 is 13.5 Å². The predicted molar refractivity (Wildman–Crippen MR) is 98.6 cm³/mol. The van der Waals surface area contributed by atoms with Gasteiger partial charge in [-0.2, -0.15) is 0 Å².